The van der Waals surface area contributed by atoms with E-state index >= 15 is 0 Å². The number of ether oxygens (including phenoxy) is 2. The molecule has 2 aromatic carbocycles. The molecule has 9 heteroatoms. The minimum atomic E-state index is -4.61. The second-order valence-electron chi connectivity index (χ2n) is 5.13. The maximum Gasteiger partial charge on any atom is 0.422 e. The minimum absolute atomic E-state index is 0.222. The van der Waals surface area contributed by atoms with Crippen molar-refractivity contribution >= 4 is 5.78 Å². The standard InChI is InChI=1S/C17H12F6O3/c18-16(19,20)9-25-13-7-3-1-5-11(13)15(24)12-6-2-4-8-14(12)26-10-17(21,22)23/h1-8H,9-10H2. The van der Waals surface area contributed by atoms with E-state index in [1.807, 2.05) is 0 Å². The van der Waals surface area contributed by atoms with Crippen LogP contribution < -0.4 is 9.47 Å². The molecule has 0 saturated carbocycles. The summed E-state index contributed by atoms with van der Waals surface area (Å²) < 4.78 is 83.3. The van der Waals surface area contributed by atoms with Gasteiger partial charge in [0.2, 0.25) is 0 Å². The zero-order valence-electron chi connectivity index (χ0n) is 13.0. The number of benzene rings is 2. The smallest absolute Gasteiger partial charge is 0.422 e. The van der Waals surface area contributed by atoms with Gasteiger partial charge in [-0.1, -0.05) is 24.3 Å². The summed E-state index contributed by atoms with van der Waals surface area (Å²) in [5.41, 5.74) is -0.445. The molecule has 3 nitrogen and oxygen atoms in total. The summed E-state index contributed by atoms with van der Waals surface area (Å²) in [5, 5.41) is 0. The molecular weight excluding hydrogens is 366 g/mol. The predicted molar refractivity (Wildman–Crippen MR) is 79.4 cm³/mol. The fraction of sp³-hybridized carbons (Fsp3) is 0.235. The number of ketones is 1. The number of hydrogen-bond donors (Lipinski definition) is 0. The van der Waals surface area contributed by atoms with Crippen LogP contribution in [0.1, 0.15) is 15.9 Å². The lowest BCUT2D eigenvalue weighted by molar-refractivity contribution is -0.154. The van der Waals surface area contributed by atoms with Crippen LogP contribution >= 0.6 is 0 Å². The molecular formula is C17H12F6O3. The Balaban J connectivity index is 2.30. The van der Waals surface area contributed by atoms with Crippen LogP contribution in [0, 0.1) is 0 Å². The Hall–Kier alpha value is -2.71. The molecule has 0 N–H and O–H groups in total. The maximum absolute atomic E-state index is 12.6. The number of para-hydroxylation sites is 2. The molecule has 0 aromatic heterocycles. The van der Waals surface area contributed by atoms with Gasteiger partial charge < -0.3 is 9.47 Å². The van der Waals surface area contributed by atoms with Gasteiger partial charge in [0.25, 0.3) is 0 Å². The normalized spacial score (nSPS) is 11.9. The molecule has 0 atom stereocenters. The maximum atomic E-state index is 12.6. The van der Waals surface area contributed by atoms with Crippen molar-refractivity contribution < 1.29 is 40.6 Å². The van der Waals surface area contributed by atoms with Crippen LogP contribution in [0.5, 0.6) is 11.5 Å². The zero-order chi connectivity index (χ0) is 19.4. The Bertz CT molecular complexity index is 704. The summed E-state index contributed by atoms with van der Waals surface area (Å²) in [6, 6.07) is 10.3. The third kappa shape index (κ3) is 5.68. The molecule has 0 aliphatic rings. The van der Waals surface area contributed by atoms with Gasteiger partial charge >= 0.3 is 12.4 Å². The highest BCUT2D eigenvalue weighted by atomic mass is 19.4. The quantitative estimate of drug-likeness (QED) is 0.535. The first-order chi connectivity index (χ1) is 12.1. The number of rotatable bonds is 6. The van der Waals surface area contributed by atoms with E-state index < -0.39 is 31.3 Å². The largest absolute Gasteiger partial charge is 0.483 e. The van der Waals surface area contributed by atoms with Crippen molar-refractivity contribution in [2.24, 2.45) is 0 Å². The van der Waals surface area contributed by atoms with Crippen LogP contribution in [0.2, 0.25) is 0 Å². The number of carbonyl (C=O) groups excluding carboxylic acids is 1. The van der Waals surface area contributed by atoms with E-state index in [1.165, 1.54) is 36.4 Å². The second kappa shape index (κ2) is 7.67. The summed E-state index contributed by atoms with van der Waals surface area (Å²) in [7, 11) is 0. The lowest BCUT2D eigenvalue weighted by Gasteiger charge is -2.15. The van der Waals surface area contributed by atoms with E-state index in [9.17, 15) is 31.1 Å². The highest BCUT2D eigenvalue weighted by Gasteiger charge is 2.31. The molecule has 2 aromatic rings. The highest BCUT2D eigenvalue weighted by Crippen LogP contribution is 2.29. The van der Waals surface area contributed by atoms with E-state index in [1.54, 1.807) is 0 Å². The van der Waals surface area contributed by atoms with E-state index in [2.05, 4.69) is 9.47 Å². The average molecular weight is 378 g/mol. The van der Waals surface area contributed by atoms with Gasteiger partial charge in [0.1, 0.15) is 11.5 Å². The van der Waals surface area contributed by atoms with Gasteiger partial charge in [0.15, 0.2) is 19.0 Å². The van der Waals surface area contributed by atoms with Crippen molar-refractivity contribution in [3.05, 3.63) is 59.7 Å². The molecule has 26 heavy (non-hydrogen) atoms. The first kappa shape index (κ1) is 19.6. The Morgan fingerprint density at radius 3 is 1.38 bits per heavy atom. The molecule has 0 aliphatic carbocycles. The molecule has 0 radical (unpaired) electrons. The van der Waals surface area contributed by atoms with Crippen LogP contribution in [0.15, 0.2) is 48.5 Å². The van der Waals surface area contributed by atoms with Crippen LogP contribution in [0.25, 0.3) is 0 Å². The van der Waals surface area contributed by atoms with Crippen molar-refractivity contribution in [3.8, 4) is 11.5 Å². The molecule has 0 spiro atoms. The highest BCUT2D eigenvalue weighted by molar-refractivity contribution is 6.12. The summed E-state index contributed by atoms with van der Waals surface area (Å²) in [6.45, 7) is -3.22. The topological polar surface area (TPSA) is 35.5 Å². The lowest BCUT2D eigenvalue weighted by Crippen LogP contribution is -2.21. The number of carbonyl (C=O) groups is 1. The van der Waals surface area contributed by atoms with Crippen molar-refractivity contribution in [2.75, 3.05) is 13.2 Å². The van der Waals surface area contributed by atoms with Crippen LogP contribution in [-0.4, -0.2) is 31.3 Å². The fourth-order valence-electron chi connectivity index (χ4n) is 2.02. The summed E-state index contributed by atoms with van der Waals surface area (Å²) in [6.07, 6.45) is -9.21. The van der Waals surface area contributed by atoms with Gasteiger partial charge in [-0.2, -0.15) is 26.3 Å². The number of alkyl halides is 6. The Morgan fingerprint density at radius 2 is 1.04 bits per heavy atom. The summed E-state index contributed by atoms with van der Waals surface area (Å²) >= 11 is 0. The van der Waals surface area contributed by atoms with Crippen LogP contribution in [0.3, 0.4) is 0 Å². The molecule has 0 fully saturated rings. The van der Waals surface area contributed by atoms with Crippen LogP contribution in [0.4, 0.5) is 26.3 Å². The van der Waals surface area contributed by atoms with Gasteiger partial charge in [-0.25, -0.2) is 0 Å². The van der Waals surface area contributed by atoms with Gasteiger partial charge in [-0.05, 0) is 24.3 Å². The van der Waals surface area contributed by atoms with Crippen molar-refractivity contribution in [2.45, 2.75) is 12.4 Å². The first-order valence-electron chi connectivity index (χ1n) is 7.19. The third-order valence-corrected chi connectivity index (χ3v) is 3.05. The molecule has 0 bridgehead atoms. The third-order valence-electron chi connectivity index (χ3n) is 3.05. The van der Waals surface area contributed by atoms with E-state index in [0.29, 0.717) is 0 Å². The van der Waals surface area contributed by atoms with Gasteiger partial charge in [0.05, 0.1) is 11.1 Å². The molecule has 2 rings (SSSR count). The molecule has 0 heterocycles. The average Bonchev–Trinajstić information content (AvgIpc) is 2.57. The summed E-state index contributed by atoms with van der Waals surface area (Å²) in [4.78, 5) is 12.6. The summed E-state index contributed by atoms with van der Waals surface area (Å²) in [5.74, 6) is -1.48. The second-order valence-corrected chi connectivity index (χ2v) is 5.13. The molecule has 0 aliphatic heterocycles. The monoisotopic (exact) mass is 378 g/mol. The van der Waals surface area contributed by atoms with Gasteiger partial charge in [-0.3, -0.25) is 4.79 Å². The van der Waals surface area contributed by atoms with Gasteiger partial charge in [-0.15, -0.1) is 0 Å². The van der Waals surface area contributed by atoms with E-state index in [-0.39, 0.29) is 22.6 Å². The Labute approximate surface area is 144 Å². The lowest BCUT2D eigenvalue weighted by atomic mass is 10.0. The zero-order valence-corrected chi connectivity index (χ0v) is 13.0. The van der Waals surface area contributed by atoms with Crippen molar-refractivity contribution in [1.82, 2.24) is 0 Å². The van der Waals surface area contributed by atoms with E-state index in [4.69, 9.17) is 0 Å². The predicted octanol–water partition coefficient (Wildman–Crippen LogP) is 4.80. The van der Waals surface area contributed by atoms with Crippen LogP contribution in [-0.2, 0) is 0 Å². The fourth-order valence-corrected chi connectivity index (χ4v) is 2.02. The number of halogens is 6. The Morgan fingerprint density at radius 1 is 0.692 bits per heavy atom. The van der Waals surface area contributed by atoms with Crippen molar-refractivity contribution in [3.63, 3.8) is 0 Å². The minimum Gasteiger partial charge on any atom is -0.483 e. The first-order valence-corrected chi connectivity index (χ1v) is 7.19. The van der Waals surface area contributed by atoms with E-state index in [0.717, 1.165) is 12.1 Å². The molecule has 0 saturated heterocycles. The SMILES string of the molecule is O=C(c1ccccc1OCC(F)(F)F)c1ccccc1OCC(F)(F)F. The molecule has 0 unspecified atom stereocenters. The molecule has 140 valence electrons. The van der Waals surface area contributed by atoms with Gasteiger partial charge in [0, 0.05) is 0 Å². The van der Waals surface area contributed by atoms with Crippen molar-refractivity contribution in [1.29, 1.82) is 0 Å². The Kier molecular flexibility index (Phi) is 5.79. The molecule has 0 amide bonds. The number of hydrogen-bond acceptors (Lipinski definition) is 3.